The fourth-order valence-corrected chi connectivity index (χ4v) is 5.76. The number of aliphatic hydroxyl groups excluding tert-OH is 2. The van der Waals surface area contributed by atoms with Crippen LogP contribution in [0.15, 0.2) is 11.1 Å². The summed E-state index contributed by atoms with van der Waals surface area (Å²) in [7, 11) is 0. The topological polar surface area (TPSA) is 77.8 Å². The van der Waals surface area contributed by atoms with E-state index in [-0.39, 0.29) is 18.3 Å². The highest BCUT2D eigenvalue weighted by Crippen LogP contribution is 2.56. The third-order valence-electron chi connectivity index (χ3n) is 7.24. The van der Waals surface area contributed by atoms with Crippen LogP contribution in [0.5, 0.6) is 0 Å². The number of carbonyl (C=O) groups is 1. The molecule has 0 aromatic rings. The molecular weight excluding hydrogens is 340 g/mol. The third kappa shape index (κ3) is 4.41. The number of carboxylic acids is 1. The molecule has 27 heavy (non-hydrogen) atoms. The minimum Gasteiger partial charge on any atom is -0.481 e. The Kier molecular flexibility index (Phi) is 6.65. The van der Waals surface area contributed by atoms with Crippen molar-refractivity contribution in [3.05, 3.63) is 11.1 Å². The molecule has 3 fully saturated rings. The quantitative estimate of drug-likeness (QED) is 0.517. The van der Waals surface area contributed by atoms with Gasteiger partial charge in [0, 0.05) is 6.42 Å². The number of aliphatic carboxylic acids is 1. The molecule has 3 rings (SSSR count). The van der Waals surface area contributed by atoms with Gasteiger partial charge >= 0.3 is 5.97 Å². The molecule has 0 bridgehead atoms. The minimum absolute atomic E-state index is 0.0759. The molecule has 0 saturated heterocycles. The number of allylic oxidation sites excluding steroid dienone is 2. The lowest BCUT2D eigenvalue weighted by atomic mass is 9.50. The summed E-state index contributed by atoms with van der Waals surface area (Å²) in [6.45, 7) is 4.24. The molecule has 0 amide bonds. The van der Waals surface area contributed by atoms with Crippen molar-refractivity contribution in [2.45, 2.75) is 83.8 Å². The zero-order valence-electron chi connectivity index (χ0n) is 16.7. The number of fused-ring (bicyclic) bond motifs is 1. The summed E-state index contributed by atoms with van der Waals surface area (Å²) < 4.78 is 0. The summed E-state index contributed by atoms with van der Waals surface area (Å²) in [6.07, 6.45) is 7.24. The Labute approximate surface area is 163 Å². The van der Waals surface area contributed by atoms with E-state index < -0.39 is 18.2 Å². The van der Waals surface area contributed by atoms with Gasteiger partial charge in [-0.1, -0.05) is 49.2 Å². The van der Waals surface area contributed by atoms with Crippen molar-refractivity contribution in [1.82, 2.24) is 0 Å². The number of carboxylic acid groups (broad SMARTS) is 1. The maximum atomic E-state index is 10.9. The van der Waals surface area contributed by atoms with Crippen LogP contribution in [0.4, 0.5) is 0 Å². The predicted octanol–water partition coefficient (Wildman–Crippen LogP) is 3.77. The molecule has 3 aliphatic carbocycles. The molecule has 0 aliphatic heterocycles. The van der Waals surface area contributed by atoms with Gasteiger partial charge < -0.3 is 15.3 Å². The molecule has 2 unspecified atom stereocenters. The fourth-order valence-electron chi connectivity index (χ4n) is 5.76. The van der Waals surface area contributed by atoms with E-state index in [1.54, 1.807) is 0 Å². The highest BCUT2D eigenvalue weighted by Gasteiger charge is 2.51. The van der Waals surface area contributed by atoms with Gasteiger partial charge in [0.2, 0.25) is 0 Å². The van der Waals surface area contributed by atoms with Crippen LogP contribution in [-0.2, 0) is 4.79 Å². The van der Waals surface area contributed by atoms with Crippen LogP contribution in [0.1, 0.15) is 71.6 Å². The first kappa shape index (κ1) is 20.4. The van der Waals surface area contributed by atoms with Crippen LogP contribution in [0.2, 0.25) is 0 Å². The number of hydrogen-bond acceptors (Lipinski definition) is 3. The first-order chi connectivity index (χ1) is 12.9. The molecule has 0 aromatic carbocycles. The summed E-state index contributed by atoms with van der Waals surface area (Å²) in [5.41, 5.74) is 2.60. The van der Waals surface area contributed by atoms with Crippen molar-refractivity contribution in [3.8, 4) is 11.8 Å². The second-order valence-electron chi connectivity index (χ2n) is 8.90. The fraction of sp³-hybridized carbons (Fsp3) is 0.783. The van der Waals surface area contributed by atoms with Gasteiger partial charge in [-0.3, -0.25) is 4.79 Å². The van der Waals surface area contributed by atoms with Crippen molar-refractivity contribution < 1.29 is 20.1 Å². The Balaban J connectivity index is 1.69. The van der Waals surface area contributed by atoms with Crippen molar-refractivity contribution in [3.63, 3.8) is 0 Å². The zero-order chi connectivity index (χ0) is 19.6. The lowest BCUT2D eigenvalue weighted by Gasteiger charge is -2.54. The number of aliphatic hydroxyl groups is 2. The third-order valence-corrected chi connectivity index (χ3v) is 7.24. The molecule has 3 saturated carbocycles. The second-order valence-corrected chi connectivity index (χ2v) is 8.90. The van der Waals surface area contributed by atoms with E-state index in [9.17, 15) is 15.0 Å². The molecule has 0 heterocycles. The van der Waals surface area contributed by atoms with Gasteiger partial charge in [0.15, 0.2) is 0 Å². The van der Waals surface area contributed by atoms with Gasteiger partial charge in [0.05, 0.1) is 12.0 Å². The molecule has 6 atom stereocenters. The molecule has 0 spiro atoms. The maximum absolute atomic E-state index is 10.9. The van der Waals surface area contributed by atoms with Gasteiger partial charge in [-0.2, -0.15) is 0 Å². The molecule has 0 radical (unpaired) electrons. The second kappa shape index (κ2) is 8.80. The Bertz CT molecular complexity index is 634. The molecule has 3 aliphatic rings. The van der Waals surface area contributed by atoms with Crippen molar-refractivity contribution in [2.24, 2.45) is 29.6 Å². The summed E-state index contributed by atoms with van der Waals surface area (Å²) in [4.78, 5) is 10.9. The number of rotatable bonds is 4. The van der Waals surface area contributed by atoms with E-state index >= 15 is 0 Å². The standard InChI is InChI=1S/C23H34O4/c1-14(8-13-21(26)27)22-15(2)23-17(20(25)12-10-18(22)23)9-11-19(24)16-6-4-3-5-7-16/h15-20,23-25H,3-8,10,12-13H2,1-2H3,(H,26,27)/b22-14+/t15?,17-,18+,19?,20+,23+/m1/s1. The minimum atomic E-state index is -0.752. The van der Waals surface area contributed by atoms with Gasteiger partial charge in [-0.15, -0.1) is 0 Å². The van der Waals surface area contributed by atoms with E-state index in [0.717, 1.165) is 25.7 Å². The van der Waals surface area contributed by atoms with Gasteiger partial charge in [-0.05, 0) is 62.7 Å². The Morgan fingerprint density at radius 1 is 1.15 bits per heavy atom. The van der Waals surface area contributed by atoms with E-state index in [4.69, 9.17) is 5.11 Å². The largest absolute Gasteiger partial charge is 0.481 e. The van der Waals surface area contributed by atoms with Crippen LogP contribution in [0.25, 0.3) is 0 Å². The van der Waals surface area contributed by atoms with E-state index in [1.807, 2.05) is 0 Å². The van der Waals surface area contributed by atoms with E-state index in [1.165, 1.54) is 30.4 Å². The predicted molar refractivity (Wildman–Crippen MR) is 105 cm³/mol. The monoisotopic (exact) mass is 374 g/mol. The molecular formula is C23H34O4. The van der Waals surface area contributed by atoms with Gasteiger partial charge in [0.25, 0.3) is 0 Å². The van der Waals surface area contributed by atoms with Crippen molar-refractivity contribution in [2.75, 3.05) is 0 Å². The summed E-state index contributed by atoms with van der Waals surface area (Å²) in [5, 5.41) is 30.0. The lowest BCUT2D eigenvalue weighted by molar-refractivity contribution is -0.136. The van der Waals surface area contributed by atoms with E-state index in [0.29, 0.717) is 24.2 Å². The summed E-state index contributed by atoms with van der Waals surface area (Å²) >= 11 is 0. The normalized spacial score (nSPS) is 36.7. The molecule has 150 valence electrons. The van der Waals surface area contributed by atoms with Crippen molar-refractivity contribution >= 4 is 5.97 Å². The Hall–Kier alpha value is -1.31. The maximum Gasteiger partial charge on any atom is 0.303 e. The zero-order valence-corrected chi connectivity index (χ0v) is 16.7. The molecule has 0 aromatic heterocycles. The Morgan fingerprint density at radius 2 is 1.85 bits per heavy atom. The summed E-state index contributed by atoms with van der Waals surface area (Å²) in [6, 6.07) is 0. The van der Waals surface area contributed by atoms with Crippen LogP contribution in [-0.4, -0.2) is 33.5 Å². The smallest absolute Gasteiger partial charge is 0.303 e. The van der Waals surface area contributed by atoms with Crippen LogP contribution in [0.3, 0.4) is 0 Å². The highest BCUT2D eigenvalue weighted by molar-refractivity contribution is 5.67. The lowest BCUT2D eigenvalue weighted by Crippen LogP contribution is -2.50. The summed E-state index contributed by atoms with van der Waals surface area (Å²) in [5.74, 6) is 6.91. The highest BCUT2D eigenvalue weighted by atomic mass is 16.4. The first-order valence-electron chi connectivity index (χ1n) is 10.7. The SMILES string of the molecule is C/C(CCC(=O)O)=C1/C(C)[C@H]2[C@H](C#CC(O)C3CCCCC3)[C@@H](O)CC[C@@H]12. The van der Waals surface area contributed by atoms with Crippen LogP contribution >= 0.6 is 0 Å². The Morgan fingerprint density at radius 3 is 2.52 bits per heavy atom. The van der Waals surface area contributed by atoms with Crippen LogP contribution in [0, 0.1) is 41.4 Å². The average molecular weight is 375 g/mol. The first-order valence-corrected chi connectivity index (χ1v) is 10.7. The molecule has 4 heteroatoms. The average Bonchev–Trinajstić information content (AvgIpc) is 2.66. The van der Waals surface area contributed by atoms with Crippen LogP contribution < -0.4 is 0 Å². The van der Waals surface area contributed by atoms with Crippen molar-refractivity contribution in [1.29, 1.82) is 0 Å². The van der Waals surface area contributed by atoms with Gasteiger partial charge in [0.1, 0.15) is 6.10 Å². The number of hydrogen-bond donors (Lipinski definition) is 3. The molecule has 4 nitrogen and oxygen atoms in total. The van der Waals surface area contributed by atoms with E-state index in [2.05, 4.69) is 25.7 Å². The molecule has 3 N–H and O–H groups in total. The van der Waals surface area contributed by atoms with Gasteiger partial charge in [-0.25, -0.2) is 0 Å².